The summed E-state index contributed by atoms with van der Waals surface area (Å²) in [5.41, 5.74) is 1.99. The van der Waals surface area contributed by atoms with Crippen LogP contribution in [0.15, 0.2) is 42.5 Å². The Morgan fingerprint density at radius 3 is 2.72 bits per heavy atom. The summed E-state index contributed by atoms with van der Waals surface area (Å²) in [6.07, 6.45) is 0. The Kier molecular flexibility index (Phi) is 5.69. The summed E-state index contributed by atoms with van der Waals surface area (Å²) in [5, 5.41) is 4.09. The molecule has 0 saturated heterocycles. The van der Waals surface area contributed by atoms with E-state index < -0.39 is 0 Å². The lowest BCUT2D eigenvalue weighted by Gasteiger charge is -2.24. The van der Waals surface area contributed by atoms with Crippen molar-refractivity contribution in [3.8, 4) is 11.5 Å². The summed E-state index contributed by atoms with van der Waals surface area (Å²) >= 11 is 1.67. The van der Waals surface area contributed by atoms with Crippen LogP contribution in [-0.2, 0) is 4.79 Å². The van der Waals surface area contributed by atoms with E-state index in [1.807, 2.05) is 55.3 Å². The number of hydrogen-bond donors (Lipinski definition) is 1. The normalized spacial score (nSPS) is 15.3. The largest absolute Gasteiger partial charge is 0.486 e. The minimum Gasteiger partial charge on any atom is -0.486 e. The Morgan fingerprint density at radius 2 is 1.93 bits per heavy atom. The topological polar surface area (TPSA) is 63.7 Å². The molecule has 1 aliphatic heterocycles. The zero-order chi connectivity index (χ0) is 20.4. The molecule has 1 aromatic heterocycles. The molecule has 29 heavy (non-hydrogen) atoms. The molecule has 0 spiro atoms. The van der Waals surface area contributed by atoms with Crippen molar-refractivity contribution in [2.75, 3.05) is 26.8 Å². The van der Waals surface area contributed by atoms with Crippen molar-refractivity contribution in [3.05, 3.63) is 53.0 Å². The average Bonchev–Trinajstić information content (AvgIpc) is 3.16. The van der Waals surface area contributed by atoms with Crippen LogP contribution >= 0.6 is 11.3 Å². The highest BCUT2D eigenvalue weighted by Crippen LogP contribution is 2.32. The molecule has 0 saturated carbocycles. The van der Waals surface area contributed by atoms with Crippen molar-refractivity contribution in [2.45, 2.75) is 25.9 Å². The van der Waals surface area contributed by atoms with Gasteiger partial charge >= 0.3 is 0 Å². The number of ether oxygens (including phenoxy) is 2. The molecule has 2 atom stereocenters. The molecule has 1 amide bonds. The zero-order valence-corrected chi connectivity index (χ0v) is 17.7. The van der Waals surface area contributed by atoms with E-state index in [0.717, 1.165) is 27.6 Å². The van der Waals surface area contributed by atoms with Crippen LogP contribution < -0.4 is 14.8 Å². The van der Waals surface area contributed by atoms with Gasteiger partial charge in [0, 0.05) is 0 Å². The smallest absolute Gasteiger partial charge is 0.234 e. The second-order valence-corrected chi connectivity index (χ2v) is 8.37. The van der Waals surface area contributed by atoms with Crippen molar-refractivity contribution in [3.63, 3.8) is 0 Å². The van der Waals surface area contributed by atoms with Crippen molar-refractivity contribution < 1.29 is 14.3 Å². The lowest BCUT2D eigenvalue weighted by Crippen LogP contribution is -2.37. The van der Waals surface area contributed by atoms with Crippen LogP contribution in [-0.4, -0.2) is 42.6 Å². The lowest BCUT2D eigenvalue weighted by atomic mass is 10.1. The molecule has 0 unspecified atom stereocenters. The van der Waals surface area contributed by atoms with Gasteiger partial charge in [0.15, 0.2) is 11.5 Å². The Hall–Kier alpha value is -2.64. The Bertz CT molecular complexity index is 986. The van der Waals surface area contributed by atoms with Gasteiger partial charge in [-0.15, -0.1) is 11.3 Å². The molecular weight excluding hydrogens is 386 g/mol. The molecule has 6 nitrogen and oxygen atoms in total. The van der Waals surface area contributed by atoms with Crippen molar-refractivity contribution in [1.29, 1.82) is 0 Å². The highest BCUT2D eigenvalue weighted by molar-refractivity contribution is 7.18. The van der Waals surface area contributed by atoms with E-state index in [4.69, 9.17) is 14.5 Å². The van der Waals surface area contributed by atoms with Crippen LogP contribution in [0.25, 0.3) is 10.2 Å². The summed E-state index contributed by atoms with van der Waals surface area (Å²) < 4.78 is 12.4. The van der Waals surface area contributed by atoms with Gasteiger partial charge in [-0.2, -0.15) is 0 Å². The average molecular weight is 412 g/mol. The van der Waals surface area contributed by atoms with E-state index in [2.05, 4.69) is 18.3 Å². The Morgan fingerprint density at radius 1 is 1.17 bits per heavy atom. The fourth-order valence-electron chi connectivity index (χ4n) is 3.32. The molecule has 0 fully saturated rings. The van der Waals surface area contributed by atoms with Gasteiger partial charge in [0.05, 0.1) is 28.8 Å². The third kappa shape index (κ3) is 4.36. The third-order valence-corrected chi connectivity index (χ3v) is 6.37. The molecule has 1 N–H and O–H groups in total. The summed E-state index contributed by atoms with van der Waals surface area (Å²) in [7, 11) is 1.95. The summed E-state index contributed by atoms with van der Waals surface area (Å²) in [6.45, 7) is 5.46. The lowest BCUT2D eigenvalue weighted by molar-refractivity contribution is -0.123. The number of rotatable bonds is 6. The quantitative estimate of drug-likeness (QED) is 0.666. The van der Waals surface area contributed by atoms with Crippen LogP contribution in [0.2, 0.25) is 0 Å². The first-order valence-corrected chi connectivity index (χ1v) is 10.6. The van der Waals surface area contributed by atoms with Crippen molar-refractivity contribution in [1.82, 2.24) is 15.2 Å². The number of para-hydroxylation sites is 1. The molecule has 4 rings (SSSR count). The Balaban J connectivity index is 1.37. The first-order chi connectivity index (χ1) is 14.0. The summed E-state index contributed by atoms with van der Waals surface area (Å²) in [4.78, 5) is 19.3. The minimum atomic E-state index is -0.121. The van der Waals surface area contributed by atoms with Gasteiger partial charge in [-0.1, -0.05) is 18.2 Å². The van der Waals surface area contributed by atoms with E-state index in [-0.39, 0.29) is 18.0 Å². The third-order valence-electron chi connectivity index (χ3n) is 5.17. The number of thiazole rings is 1. The van der Waals surface area contributed by atoms with Crippen LogP contribution in [0.4, 0.5) is 0 Å². The van der Waals surface area contributed by atoms with E-state index in [0.29, 0.717) is 19.8 Å². The predicted molar refractivity (Wildman–Crippen MR) is 115 cm³/mol. The SMILES string of the molecule is C[C@@H](NC(=O)CN(C)[C@@H](C)c1nc2ccccc2s1)c1ccc2c(c1)OCCO2. The number of carbonyl (C=O) groups excluding carboxylic acids is 1. The fraction of sp³-hybridized carbons (Fsp3) is 0.364. The van der Waals surface area contributed by atoms with Gasteiger partial charge in [-0.3, -0.25) is 9.69 Å². The molecule has 7 heteroatoms. The highest BCUT2D eigenvalue weighted by Gasteiger charge is 2.20. The van der Waals surface area contributed by atoms with E-state index >= 15 is 0 Å². The molecule has 0 radical (unpaired) electrons. The van der Waals surface area contributed by atoms with Gasteiger partial charge in [0.1, 0.15) is 18.2 Å². The number of hydrogen-bond acceptors (Lipinski definition) is 6. The number of aromatic nitrogens is 1. The van der Waals surface area contributed by atoms with Crippen LogP contribution in [0.3, 0.4) is 0 Å². The maximum absolute atomic E-state index is 12.6. The summed E-state index contributed by atoms with van der Waals surface area (Å²) in [6, 6.07) is 13.8. The van der Waals surface area contributed by atoms with Gasteiger partial charge in [0.25, 0.3) is 0 Å². The maximum atomic E-state index is 12.6. The molecule has 2 heterocycles. The first-order valence-electron chi connectivity index (χ1n) is 9.76. The first kappa shape index (κ1) is 19.7. The molecular formula is C22H25N3O3S. The monoisotopic (exact) mass is 411 g/mol. The maximum Gasteiger partial charge on any atom is 0.234 e. The number of nitrogens with one attached hydrogen (secondary N) is 1. The number of amides is 1. The van der Waals surface area contributed by atoms with E-state index in [1.165, 1.54) is 4.70 Å². The van der Waals surface area contributed by atoms with Crippen molar-refractivity contribution >= 4 is 27.5 Å². The number of likely N-dealkylation sites (N-methyl/N-ethyl adjacent to an activating group) is 1. The number of nitrogens with zero attached hydrogens (tertiary/aromatic N) is 2. The second-order valence-electron chi connectivity index (χ2n) is 7.30. The zero-order valence-electron chi connectivity index (χ0n) is 16.8. The minimum absolute atomic E-state index is 0.0251. The van der Waals surface area contributed by atoms with Crippen LogP contribution in [0.5, 0.6) is 11.5 Å². The predicted octanol–water partition coefficient (Wildman–Crippen LogP) is 3.94. The number of carbonyl (C=O) groups is 1. The van der Waals surface area contributed by atoms with Crippen LogP contribution in [0, 0.1) is 0 Å². The second kappa shape index (κ2) is 8.39. The van der Waals surface area contributed by atoms with Gasteiger partial charge in [-0.25, -0.2) is 4.98 Å². The molecule has 1 aliphatic rings. The highest BCUT2D eigenvalue weighted by atomic mass is 32.1. The van der Waals surface area contributed by atoms with Gasteiger partial charge in [0.2, 0.25) is 5.91 Å². The van der Waals surface area contributed by atoms with Crippen molar-refractivity contribution in [2.24, 2.45) is 0 Å². The number of benzene rings is 2. The molecule has 152 valence electrons. The molecule has 0 aliphatic carbocycles. The summed E-state index contributed by atoms with van der Waals surface area (Å²) in [5.74, 6) is 1.46. The molecule has 2 aromatic carbocycles. The molecule has 0 bridgehead atoms. The van der Waals surface area contributed by atoms with E-state index in [9.17, 15) is 4.79 Å². The van der Waals surface area contributed by atoms with Gasteiger partial charge < -0.3 is 14.8 Å². The fourth-order valence-corrected chi connectivity index (χ4v) is 4.41. The van der Waals surface area contributed by atoms with E-state index in [1.54, 1.807) is 11.3 Å². The van der Waals surface area contributed by atoms with Gasteiger partial charge in [-0.05, 0) is 50.7 Å². The molecule has 3 aromatic rings. The van der Waals surface area contributed by atoms with Crippen LogP contribution in [0.1, 0.15) is 36.5 Å². The Labute approximate surface area is 174 Å². The number of fused-ring (bicyclic) bond motifs is 2. The standard InChI is InChI=1S/C22H25N3O3S/c1-14(16-8-9-18-19(12-16)28-11-10-27-18)23-21(26)13-25(3)15(2)22-24-17-6-4-5-7-20(17)29-22/h4-9,12,14-15H,10-11,13H2,1-3H3,(H,23,26)/t14-,15+/m1/s1.